The Morgan fingerprint density at radius 3 is 1.03 bits per heavy atom. The Balaban J connectivity index is 0.000000138. The monoisotopic (exact) mass is 1800 g/mol. The van der Waals surface area contributed by atoms with Gasteiger partial charge < -0.3 is 0 Å². The lowest BCUT2D eigenvalue weighted by Gasteiger charge is -2.33. The van der Waals surface area contributed by atoms with Gasteiger partial charge in [0.05, 0.1) is 50.5 Å². The van der Waals surface area contributed by atoms with E-state index in [2.05, 4.69) is 367 Å². The van der Waals surface area contributed by atoms with Gasteiger partial charge in [-0.1, -0.05) is 227 Å². The molecule has 0 saturated carbocycles. The molecule has 0 bridgehead atoms. The topological polar surface area (TPSA) is 58.1 Å². The van der Waals surface area contributed by atoms with Crippen LogP contribution in [0.1, 0.15) is 196 Å². The summed E-state index contributed by atoms with van der Waals surface area (Å²) in [7, 11) is 8.46. The highest BCUT2D eigenvalue weighted by Gasteiger charge is 2.34. The molecule has 2 aliphatic rings. The number of hydrogen-bond acceptors (Lipinski definition) is 3. The van der Waals surface area contributed by atoms with E-state index < -0.39 is 16.1 Å². The molecule has 686 valence electrons. The zero-order chi connectivity index (χ0) is 100. The fourth-order valence-corrected chi connectivity index (χ4v) is 25.2. The lowest BCUT2D eigenvalue weighted by atomic mass is 9.87. The molecule has 8 nitrogen and oxygen atoms in total. The molecule has 133 heavy (non-hydrogen) atoms. The first kappa shape index (κ1) is 90.8. The van der Waals surface area contributed by atoms with E-state index in [0.29, 0.717) is 42.0 Å². The molecule has 10 heteroatoms. The summed E-state index contributed by atoms with van der Waals surface area (Å²) in [4.78, 5) is 12.8. The van der Waals surface area contributed by atoms with Gasteiger partial charge in [-0.05, 0) is 269 Å². The Morgan fingerprint density at radius 2 is 0.639 bits per heavy atom. The lowest BCUT2D eigenvalue weighted by molar-refractivity contribution is -0.665. The molecule has 0 N–H and O–H groups in total. The molecule has 10 heterocycles. The van der Waals surface area contributed by atoms with Gasteiger partial charge in [-0.15, -0.1) is 0 Å². The zero-order valence-electron chi connectivity index (χ0n) is 90.7. The van der Waals surface area contributed by atoms with Crippen molar-refractivity contribution in [1.29, 1.82) is 0 Å². The van der Waals surface area contributed by atoms with Crippen LogP contribution in [0.4, 0.5) is 0 Å². The second-order valence-corrected chi connectivity index (χ2v) is 54.9. The van der Waals surface area contributed by atoms with Crippen molar-refractivity contribution in [2.75, 3.05) is 0 Å². The summed E-state index contributed by atoms with van der Waals surface area (Å²) < 4.78 is 54.6. The van der Waals surface area contributed by atoms with Crippen molar-refractivity contribution >= 4 is 70.0 Å². The van der Waals surface area contributed by atoms with Crippen molar-refractivity contribution in [3.63, 3.8) is 0 Å². The number of aromatic nitrogens is 8. The summed E-state index contributed by atoms with van der Waals surface area (Å²) in [5.41, 5.74) is 34.0. The average molecular weight is 1800 g/mol. The minimum Gasteiger partial charge on any atom is -0.264 e. The van der Waals surface area contributed by atoms with E-state index in [1.54, 1.807) is 6.20 Å². The highest BCUT2D eigenvalue weighted by atomic mass is 28.3. The molecule has 0 aliphatic carbocycles. The van der Waals surface area contributed by atoms with Gasteiger partial charge in [-0.25, -0.2) is 0 Å². The van der Waals surface area contributed by atoms with Crippen LogP contribution < -0.4 is 22.8 Å². The molecule has 8 aromatic carbocycles. The molecule has 0 radical (unpaired) electrons. The van der Waals surface area contributed by atoms with Gasteiger partial charge in [0, 0.05) is 135 Å². The first-order chi connectivity index (χ1) is 65.0. The minimum absolute atomic E-state index is 0.210. The predicted octanol–water partition coefficient (Wildman–Crippen LogP) is 29.8. The van der Waals surface area contributed by atoms with Crippen molar-refractivity contribution in [3.05, 3.63) is 333 Å². The van der Waals surface area contributed by atoms with E-state index in [9.17, 15) is 0 Å². The molecule has 0 unspecified atom stereocenters. The third kappa shape index (κ3) is 23.0. The SMILES string of the molecule is [2H]c1c(C)[n+](C)c(-c2cc(-c3cccnc3)ccc2C)c2ccc(CC(C)(C)C)cc12.[2H]c1c(C)[n+](C)c(-c2cc(C)ccc2C)c2ccc(C3CC[Si](C)(C)CC3)cc12.[2H]c1c(C)[n+](C)c(-c2ccccc2C)c2ccc(C3CC[Si](C)(C)CC3)cc12.[2H]c1c(C)[n+](C)c(-c2ccncc2C)c2ccc(CC(C)(C)C)cc12.[2H]c1c(C)[n+](C)c(-c2cnccc2C)c2ccc(CC(C)(C)C)cc12. The maximum absolute atomic E-state index is 8.84. The molecule has 0 spiro atoms. The summed E-state index contributed by atoms with van der Waals surface area (Å²) in [6.45, 7) is 53.5. The quantitative estimate of drug-likeness (QED) is 0.0958. The van der Waals surface area contributed by atoms with E-state index in [0.717, 1.165) is 130 Å². The number of fused-ring (bicyclic) bond motifs is 5. The molecule has 2 fully saturated rings. The number of aryl methyl sites for hydroxylation is 6. The summed E-state index contributed by atoms with van der Waals surface area (Å²) in [5, 5.41) is 11.1. The van der Waals surface area contributed by atoms with Gasteiger partial charge >= 0.3 is 0 Å². The molecule has 8 aromatic heterocycles. The Bertz CT molecular complexity index is 7160. The Kier molecular flexibility index (Phi) is 27.4. The van der Waals surface area contributed by atoms with Crippen LogP contribution in [0.5, 0.6) is 0 Å². The summed E-state index contributed by atoms with van der Waals surface area (Å²) in [6.07, 6.45) is 19.5. The minimum atomic E-state index is -0.951. The Hall–Kier alpha value is -11.3. The fourth-order valence-electron chi connectivity index (χ4n) is 20.2. The van der Waals surface area contributed by atoms with Gasteiger partial charge in [0.15, 0.2) is 28.5 Å². The van der Waals surface area contributed by atoms with E-state index in [4.69, 9.17) is 6.85 Å². The highest BCUT2D eigenvalue weighted by molar-refractivity contribution is 6.78. The molecule has 16 aromatic rings. The van der Waals surface area contributed by atoms with Crippen molar-refractivity contribution < 1.29 is 29.7 Å². The van der Waals surface area contributed by atoms with Crippen LogP contribution in [0.3, 0.4) is 0 Å². The number of hydrogen-bond donors (Lipinski definition) is 0. The van der Waals surface area contributed by atoms with Gasteiger partial charge in [0.2, 0.25) is 28.5 Å². The molecule has 18 rings (SSSR count). The van der Waals surface area contributed by atoms with Crippen molar-refractivity contribution in [2.45, 2.75) is 246 Å². The van der Waals surface area contributed by atoms with Crippen LogP contribution in [0, 0.1) is 92.4 Å². The van der Waals surface area contributed by atoms with Crippen LogP contribution in [-0.2, 0) is 54.5 Å². The molecule has 2 saturated heterocycles. The summed E-state index contributed by atoms with van der Waals surface area (Å²) in [6, 6.07) is 72.7. The number of pyridine rings is 8. The van der Waals surface area contributed by atoms with Gasteiger partial charge in [0.1, 0.15) is 35.2 Å². The number of benzene rings is 8. The molecular formula is C123H151N8Si2+5. The maximum Gasteiger partial charge on any atom is 0.222 e. The first-order valence-corrected chi connectivity index (χ1v) is 55.4. The second-order valence-electron chi connectivity index (χ2n) is 44.2. The zero-order valence-corrected chi connectivity index (χ0v) is 87.7. The van der Waals surface area contributed by atoms with Crippen LogP contribution in [-0.4, -0.2) is 31.1 Å². The molecular weight excluding hydrogens is 1650 g/mol. The Labute approximate surface area is 806 Å². The van der Waals surface area contributed by atoms with Crippen LogP contribution in [0.15, 0.2) is 243 Å². The van der Waals surface area contributed by atoms with Crippen LogP contribution >= 0.6 is 0 Å². The smallest absolute Gasteiger partial charge is 0.222 e. The average Bonchev–Trinajstić information content (AvgIpc) is 0.764. The number of nitrogens with zero attached hydrogens (tertiary/aromatic N) is 8. The van der Waals surface area contributed by atoms with Gasteiger partial charge in [0.25, 0.3) is 0 Å². The number of rotatable bonds is 11. The van der Waals surface area contributed by atoms with E-state index in [1.807, 2.05) is 78.0 Å². The van der Waals surface area contributed by atoms with Crippen molar-refractivity contribution in [3.8, 4) is 67.4 Å². The van der Waals surface area contributed by atoms with E-state index >= 15 is 0 Å². The van der Waals surface area contributed by atoms with Crippen LogP contribution in [0.25, 0.3) is 121 Å². The first-order valence-electron chi connectivity index (χ1n) is 51.1. The van der Waals surface area contributed by atoms with E-state index in [1.165, 1.54) is 150 Å². The maximum atomic E-state index is 8.84. The van der Waals surface area contributed by atoms with Gasteiger partial charge in [-0.3, -0.25) is 15.0 Å². The summed E-state index contributed by atoms with van der Waals surface area (Å²) in [5.74, 6) is 1.33. The van der Waals surface area contributed by atoms with Crippen LogP contribution in [0.2, 0.25) is 50.4 Å². The standard InChI is InChI=1S/C28H31N2.C26H34NSi.C25H32NSi.2C22H27N2/c1-19-9-11-22(23-8-7-13-29-18-23)16-26(19)27-25-12-10-21(17-28(3,4)5)15-24(25)14-20(2)30(27)6;1-18-7-8-19(2)25(15-18)26-24-10-9-22(17-23(24)16-20(3)27(26)4)21-11-13-28(5,6)14-12-21;1-18-8-6-7-9-23(18)25-24-11-10-21(17-22(24)16-19(2)26(25)3)20-12-14-27(4,5)15-13-20;1-15-14-23-10-9-19(15)21-20-8-7-17(13-22(3,4)5)12-18(20)11-16(2)24(21)6;1-15-9-10-23-14-20(15)21-19-8-7-17(13-22(3,4)5)12-18(19)11-16(2)24(21)6/h7-16,18H,17H2,1-6H3;7-10,15-17,21H,11-14H2,1-6H3;6-11,16-17,20H,12-15H2,1-5H3;2*7-12,14H,13H2,1-6H3/q5*+1/i14D;2*16D;2*11D. The third-order valence-corrected chi connectivity index (χ3v) is 34.9. The Morgan fingerprint density at radius 1 is 0.301 bits per heavy atom. The normalized spacial score (nSPS) is 14.6. The molecule has 0 atom stereocenters. The van der Waals surface area contributed by atoms with Gasteiger partial charge in [-0.2, -0.15) is 22.8 Å². The largest absolute Gasteiger partial charge is 0.264 e. The molecule has 2 aliphatic heterocycles. The summed E-state index contributed by atoms with van der Waals surface area (Å²) >= 11 is 0. The lowest BCUT2D eigenvalue weighted by Crippen LogP contribution is -2.35. The predicted molar refractivity (Wildman–Crippen MR) is 571 cm³/mol. The third-order valence-electron chi connectivity index (χ3n) is 28.3. The van der Waals surface area contributed by atoms with Crippen molar-refractivity contribution in [1.82, 2.24) is 15.0 Å². The highest BCUT2D eigenvalue weighted by Crippen LogP contribution is 2.44. The second kappa shape index (κ2) is 40.1. The fraction of sp³-hybridized carbons (Fsp3) is 0.366. The van der Waals surface area contributed by atoms with E-state index in [-0.39, 0.29) is 16.2 Å². The molecule has 0 amide bonds. The van der Waals surface area contributed by atoms with Crippen molar-refractivity contribution in [2.24, 2.45) is 51.5 Å².